The van der Waals surface area contributed by atoms with Gasteiger partial charge in [0.2, 0.25) is 0 Å². The molecule has 3 N–H and O–H groups in total. The molecule has 0 spiro atoms. The van der Waals surface area contributed by atoms with Crippen molar-refractivity contribution in [3.8, 4) is 5.75 Å². The number of phenols is 1. The molecule has 0 fully saturated rings. The van der Waals surface area contributed by atoms with E-state index in [9.17, 15) is 9.90 Å². The zero-order chi connectivity index (χ0) is 13.2. The molecule has 0 saturated carbocycles. The summed E-state index contributed by atoms with van der Waals surface area (Å²) >= 11 is 0. The van der Waals surface area contributed by atoms with E-state index in [1.54, 1.807) is 32.9 Å². The van der Waals surface area contributed by atoms with Gasteiger partial charge < -0.3 is 15.6 Å². The van der Waals surface area contributed by atoms with Gasteiger partial charge in [-0.1, -0.05) is 0 Å². The fourth-order valence-corrected chi connectivity index (χ4v) is 1.25. The number of anilines is 2. The first-order valence-electron chi connectivity index (χ1n) is 5.26. The van der Waals surface area contributed by atoms with Crippen molar-refractivity contribution < 1.29 is 14.6 Å². The third-order valence-electron chi connectivity index (χ3n) is 2.03. The molecule has 0 aliphatic rings. The Morgan fingerprint density at radius 2 is 2.00 bits per heavy atom. The summed E-state index contributed by atoms with van der Waals surface area (Å²) in [6.07, 6.45) is -0.530. The standard InChI is InChI=1S/C12H18N2O3/c1-12(2,3)17-11(16)14(4)9-6-5-8(13)7-10(9)15/h5-7,15H,13H2,1-4H3. The highest BCUT2D eigenvalue weighted by Gasteiger charge is 2.22. The number of rotatable bonds is 1. The first kappa shape index (κ1) is 13.2. The van der Waals surface area contributed by atoms with E-state index in [0.717, 1.165) is 0 Å². The molecule has 0 radical (unpaired) electrons. The number of benzene rings is 1. The number of carbonyl (C=O) groups is 1. The second-order valence-electron chi connectivity index (χ2n) is 4.79. The van der Waals surface area contributed by atoms with Crippen LogP contribution in [-0.2, 0) is 4.74 Å². The van der Waals surface area contributed by atoms with E-state index in [4.69, 9.17) is 10.5 Å². The van der Waals surface area contributed by atoms with Crippen LogP contribution in [0.4, 0.5) is 16.2 Å². The van der Waals surface area contributed by atoms with Crippen LogP contribution in [0.15, 0.2) is 18.2 Å². The molecule has 0 aliphatic heterocycles. The molecule has 0 bridgehead atoms. The van der Waals surface area contributed by atoms with Crippen LogP contribution >= 0.6 is 0 Å². The highest BCUT2D eigenvalue weighted by atomic mass is 16.6. The molecule has 5 nitrogen and oxygen atoms in total. The quantitative estimate of drug-likeness (QED) is 0.736. The van der Waals surface area contributed by atoms with Gasteiger partial charge in [-0.3, -0.25) is 4.90 Å². The van der Waals surface area contributed by atoms with Gasteiger partial charge in [0, 0.05) is 18.8 Å². The maximum absolute atomic E-state index is 11.8. The first-order valence-corrected chi connectivity index (χ1v) is 5.26. The minimum atomic E-state index is -0.575. The van der Waals surface area contributed by atoms with Crippen molar-refractivity contribution in [3.63, 3.8) is 0 Å². The molecular weight excluding hydrogens is 220 g/mol. The number of ether oxygens (including phenoxy) is 1. The van der Waals surface area contributed by atoms with Crippen LogP contribution in [-0.4, -0.2) is 23.8 Å². The zero-order valence-corrected chi connectivity index (χ0v) is 10.5. The van der Waals surface area contributed by atoms with Crippen molar-refractivity contribution in [2.45, 2.75) is 26.4 Å². The molecule has 0 aromatic heterocycles. The van der Waals surface area contributed by atoms with Crippen molar-refractivity contribution in [1.82, 2.24) is 0 Å². The number of carbonyl (C=O) groups excluding carboxylic acids is 1. The van der Waals surface area contributed by atoms with Gasteiger partial charge in [-0.25, -0.2) is 4.79 Å². The lowest BCUT2D eigenvalue weighted by Gasteiger charge is -2.25. The number of hydrogen-bond donors (Lipinski definition) is 2. The number of hydrogen-bond acceptors (Lipinski definition) is 4. The van der Waals surface area contributed by atoms with Crippen molar-refractivity contribution in [3.05, 3.63) is 18.2 Å². The Morgan fingerprint density at radius 3 is 2.47 bits per heavy atom. The van der Waals surface area contributed by atoms with Gasteiger partial charge in [0.05, 0.1) is 5.69 Å². The number of aromatic hydroxyl groups is 1. The largest absolute Gasteiger partial charge is 0.506 e. The smallest absolute Gasteiger partial charge is 0.414 e. The van der Waals surface area contributed by atoms with E-state index in [-0.39, 0.29) is 5.75 Å². The lowest BCUT2D eigenvalue weighted by molar-refractivity contribution is 0.0588. The normalized spacial score (nSPS) is 11.1. The fourth-order valence-electron chi connectivity index (χ4n) is 1.25. The predicted molar refractivity (Wildman–Crippen MR) is 67.2 cm³/mol. The van der Waals surface area contributed by atoms with Crippen LogP contribution in [0, 0.1) is 0 Å². The molecule has 94 valence electrons. The number of nitrogens with two attached hydrogens (primary N) is 1. The molecule has 0 aliphatic carbocycles. The van der Waals surface area contributed by atoms with Crippen LogP contribution in [0.2, 0.25) is 0 Å². The minimum absolute atomic E-state index is 0.0571. The summed E-state index contributed by atoms with van der Waals surface area (Å²) in [5, 5.41) is 9.68. The van der Waals surface area contributed by atoms with Gasteiger partial charge in [-0.15, -0.1) is 0 Å². The van der Waals surface area contributed by atoms with Gasteiger partial charge >= 0.3 is 6.09 Å². The van der Waals surface area contributed by atoms with Gasteiger partial charge in [0.1, 0.15) is 11.4 Å². The van der Waals surface area contributed by atoms with Crippen LogP contribution in [0.5, 0.6) is 5.75 Å². The van der Waals surface area contributed by atoms with Gasteiger partial charge in [0.15, 0.2) is 0 Å². The van der Waals surface area contributed by atoms with Crippen molar-refractivity contribution >= 4 is 17.5 Å². The molecule has 1 amide bonds. The average molecular weight is 238 g/mol. The summed E-state index contributed by atoms with van der Waals surface area (Å²) < 4.78 is 5.18. The molecule has 1 rings (SSSR count). The van der Waals surface area contributed by atoms with Crippen molar-refractivity contribution in [1.29, 1.82) is 0 Å². The second kappa shape index (κ2) is 4.53. The van der Waals surface area contributed by atoms with Gasteiger partial charge in [0.25, 0.3) is 0 Å². The van der Waals surface area contributed by atoms with E-state index in [0.29, 0.717) is 11.4 Å². The lowest BCUT2D eigenvalue weighted by atomic mass is 10.2. The Bertz CT molecular complexity index is 424. The van der Waals surface area contributed by atoms with E-state index >= 15 is 0 Å². The van der Waals surface area contributed by atoms with Crippen LogP contribution in [0.1, 0.15) is 20.8 Å². The highest BCUT2D eigenvalue weighted by Crippen LogP contribution is 2.29. The Balaban J connectivity index is 2.89. The van der Waals surface area contributed by atoms with E-state index < -0.39 is 11.7 Å². The number of nitrogen functional groups attached to an aromatic ring is 1. The summed E-state index contributed by atoms with van der Waals surface area (Å²) in [7, 11) is 1.53. The van der Waals surface area contributed by atoms with Gasteiger partial charge in [-0.05, 0) is 32.9 Å². The third kappa shape index (κ3) is 3.55. The monoisotopic (exact) mass is 238 g/mol. The Kier molecular flexibility index (Phi) is 3.50. The second-order valence-corrected chi connectivity index (χ2v) is 4.79. The molecule has 0 heterocycles. The first-order chi connectivity index (χ1) is 7.70. The maximum atomic E-state index is 11.8. The van der Waals surface area contributed by atoms with E-state index in [1.807, 2.05) is 0 Å². The van der Waals surface area contributed by atoms with Crippen molar-refractivity contribution in [2.75, 3.05) is 17.7 Å². The number of phenolic OH excluding ortho intramolecular Hbond substituents is 1. The van der Waals surface area contributed by atoms with E-state index in [2.05, 4.69) is 0 Å². The molecule has 0 unspecified atom stereocenters. The molecule has 0 saturated heterocycles. The van der Waals surface area contributed by atoms with Crippen molar-refractivity contribution in [2.24, 2.45) is 0 Å². The third-order valence-corrected chi connectivity index (χ3v) is 2.03. The fraction of sp³-hybridized carbons (Fsp3) is 0.417. The summed E-state index contributed by atoms with van der Waals surface area (Å²) in [6.45, 7) is 5.34. The lowest BCUT2D eigenvalue weighted by Crippen LogP contribution is -2.34. The Labute approximate surface area is 101 Å². The molecule has 5 heteroatoms. The summed E-state index contributed by atoms with van der Waals surface area (Å²) in [5.41, 5.74) is 5.73. The average Bonchev–Trinajstić information content (AvgIpc) is 2.14. The highest BCUT2D eigenvalue weighted by molar-refractivity contribution is 5.89. The van der Waals surface area contributed by atoms with Crippen LogP contribution in [0.3, 0.4) is 0 Å². The molecule has 1 aromatic carbocycles. The molecule has 0 atom stereocenters. The molecular formula is C12H18N2O3. The van der Waals surface area contributed by atoms with Crippen LogP contribution in [0.25, 0.3) is 0 Å². The summed E-state index contributed by atoms with van der Waals surface area (Å²) in [4.78, 5) is 13.0. The topological polar surface area (TPSA) is 75.8 Å². The van der Waals surface area contributed by atoms with Gasteiger partial charge in [-0.2, -0.15) is 0 Å². The number of amides is 1. The Hall–Kier alpha value is -1.91. The predicted octanol–water partition coefficient (Wildman–Crippen LogP) is 2.35. The van der Waals surface area contributed by atoms with Crippen LogP contribution < -0.4 is 10.6 Å². The number of nitrogens with zero attached hydrogens (tertiary/aromatic N) is 1. The Morgan fingerprint density at radius 1 is 1.41 bits per heavy atom. The summed E-state index contributed by atoms with van der Waals surface area (Å²) in [5.74, 6) is -0.0571. The maximum Gasteiger partial charge on any atom is 0.414 e. The SMILES string of the molecule is CN(C(=O)OC(C)(C)C)c1ccc(N)cc1O. The molecule has 17 heavy (non-hydrogen) atoms. The zero-order valence-electron chi connectivity index (χ0n) is 10.5. The van der Waals surface area contributed by atoms with E-state index in [1.165, 1.54) is 18.0 Å². The molecule has 1 aromatic rings. The minimum Gasteiger partial charge on any atom is -0.506 e. The summed E-state index contributed by atoms with van der Waals surface area (Å²) in [6, 6.07) is 4.56.